The van der Waals surface area contributed by atoms with Crippen LogP contribution in [0.2, 0.25) is 0 Å². The number of aliphatic carboxylic acids is 1. The van der Waals surface area contributed by atoms with Crippen molar-refractivity contribution in [3.05, 3.63) is 0 Å². The molecule has 14 heteroatoms. The SMILES string of the molecule is NC(=O)CN1CCN(CC(N)=O)CCN(C(CCC(=O)O)C(N)=O)CCN(CC(N)=O)CC1. The van der Waals surface area contributed by atoms with Gasteiger partial charge in [-0.3, -0.25) is 43.6 Å². The van der Waals surface area contributed by atoms with Gasteiger partial charge in [-0.1, -0.05) is 0 Å². The van der Waals surface area contributed by atoms with Crippen LogP contribution in [0.1, 0.15) is 12.8 Å². The Kier molecular flexibility index (Phi) is 12.3. The van der Waals surface area contributed by atoms with Crippen molar-refractivity contribution >= 4 is 29.6 Å². The van der Waals surface area contributed by atoms with Gasteiger partial charge in [0.1, 0.15) is 0 Å². The third kappa shape index (κ3) is 12.1. The molecule has 0 aromatic carbocycles. The molecule has 1 fully saturated rings. The fraction of sp³-hybridized carbons (Fsp3) is 0.737. The van der Waals surface area contributed by atoms with Crippen LogP contribution in [-0.4, -0.2) is 132 Å². The fourth-order valence-corrected chi connectivity index (χ4v) is 3.76. The van der Waals surface area contributed by atoms with Crippen molar-refractivity contribution in [2.75, 3.05) is 72.0 Å². The molecule has 0 aromatic rings. The van der Waals surface area contributed by atoms with E-state index < -0.39 is 35.6 Å². The van der Waals surface area contributed by atoms with E-state index in [1.165, 1.54) is 0 Å². The lowest BCUT2D eigenvalue weighted by Gasteiger charge is -2.35. The summed E-state index contributed by atoms with van der Waals surface area (Å²) in [4.78, 5) is 64.9. The van der Waals surface area contributed by atoms with Gasteiger partial charge in [0.25, 0.3) is 0 Å². The predicted molar refractivity (Wildman–Crippen MR) is 118 cm³/mol. The van der Waals surface area contributed by atoms with E-state index in [9.17, 15) is 24.0 Å². The second-order valence-corrected chi connectivity index (χ2v) is 8.11. The second-order valence-electron chi connectivity index (χ2n) is 8.11. The van der Waals surface area contributed by atoms with Crippen LogP contribution >= 0.6 is 0 Å². The number of nitrogens with two attached hydrogens (primary N) is 4. The number of primary amides is 4. The van der Waals surface area contributed by atoms with E-state index in [4.69, 9.17) is 28.0 Å². The Morgan fingerprint density at radius 2 is 0.970 bits per heavy atom. The molecule has 1 unspecified atom stereocenters. The number of carbonyl (C=O) groups excluding carboxylic acids is 4. The van der Waals surface area contributed by atoms with E-state index in [2.05, 4.69) is 0 Å². The first kappa shape index (κ1) is 28.2. The van der Waals surface area contributed by atoms with Crippen molar-refractivity contribution in [1.29, 1.82) is 0 Å². The third-order valence-electron chi connectivity index (χ3n) is 5.41. The van der Waals surface area contributed by atoms with Crippen LogP contribution in [0.25, 0.3) is 0 Å². The van der Waals surface area contributed by atoms with Crippen molar-refractivity contribution in [1.82, 2.24) is 19.6 Å². The first-order valence-corrected chi connectivity index (χ1v) is 10.7. The van der Waals surface area contributed by atoms with Crippen LogP contribution < -0.4 is 22.9 Å². The van der Waals surface area contributed by atoms with Gasteiger partial charge in [-0.2, -0.15) is 0 Å². The van der Waals surface area contributed by atoms with E-state index >= 15 is 0 Å². The zero-order valence-corrected chi connectivity index (χ0v) is 18.9. The quantitative estimate of drug-likeness (QED) is 0.193. The summed E-state index contributed by atoms with van der Waals surface area (Å²) in [5, 5.41) is 9.04. The molecule has 1 saturated heterocycles. The van der Waals surface area contributed by atoms with E-state index in [-0.39, 0.29) is 32.5 Å². The highest BCUT2D eigenvalue weighted by Crippen LogP contribution is 2.10. The van der Waals surface area contributed by atoms with E-state index in [1.807, 2.05) is 4.90 Å². The van der Waals surface area contributed by atoms with Gasteiger partial charge in [-0.15, -0.1) is 0 Å². The Bertz CT molecular complexity index is 674. The minimum absolute atomic E-state index is 0.0138. The molecule has 0 saturated carbocycles. The average Bonchev–Trinajstić information content (AvgIpc) is 2.67. The van der Waals surface area contributed by atoms with Crippen molar-refractivity contribution in [2.24, 2.45) is 22.9 Å². The Labute approximate surface area is 192 Å². The number of nitrogens with zero attached hydrogens (tertiary/aromatic N) is 4. The molecule has 0 radical (unpaired) electrons. The number of hydrogen-bond donors (Lipinski definition) is 5. The van der Waals surface area contributed by atoms with Crippen molar-refractivity contribution < 1.29 is 29.1 Å². The molecule has 9 N–H and O–H groups in total. The second kappa shape index (κ2) is 14.4. The Morgan fingerprint density at radius 1 is 0.636 bits per heavy atom. The molecule has 1 rings (SSSR count). The summed E-state index contributed by atoms with van der Waals surface area (Å²) in [6.45, 7) is 2.90. The summed E-state index contributed by atoms with van der Waals surface area (Å²) in [7, 11) is 0. The lowest BCUT2D eigenvalue weighted by Crippen LogP contribution is -2.53. The molecule has 1 aliphatic heterocycles. The van der Waals surface area contributed by atoms with Gasteiger partial charge >= 0.3 is 5.97 Å². The monoisotopic (exact) mass is 472 g/mol. The normalized spacial score (nSPS) is 19.2. The van der Waals surface area contributed by atoms with Crippen LogP contribution in [0.5, 0.6) is 0 Å². The zero-order valence-electron chi connectivity index (χ0n) is 18.9. The highest BCUT2D eigenvalue weighted by molar-refractivity contribution is 5.80. The molecule has 0 aromatic heterocycles. The molecule has 4 amide bonds. The molecular weight excluding hydrogens is 436 g/mol. The highest BCUT2D eigenvalue weighted by Gasteiger charge is 2.27. The van der Waals surface area contributed by atoms with Crippen LogP contribution in [0, 0.1) is 0 Å². The number of amides is 4. The summed E-state index contributed by atoms with van der Waals surface area (Å²) in [5.41, 5.74) is 21.7. The van der Waals surface area contributed by atoms with Crippen molar-refractivity contribution in [3.8, 4) is 0 Å². The molecular formula is C19H36N8O6. The van der Waals surface area contributed by atoms with Gasteiger partial charge in [0.15, 0.2) is 0 Å². The molecule has 188 valence electrons. The largest absolute Gasteiger partial charge is 0.481 e. The van der Waals surface area contributed by atoms with Gasteiger partial charge in [-0.25, -0.2) is 0 Å². The van der Waals surface area contributed by atoms with Crippen LogP contribution in [0.15, 0.2) is 0 Å². The first-order chi connectivity index (χ1) is 15.5. The van der Waals surface area contributed by atoms with E-state index in [0.29, 0.717) is 52.4 Å². The molecule has 1 atom stereocenters. The van der Waals surface area contributed by atoms with Gasteiger partial charge in [0.2, 0.25) is 23.6 Å². The molecule has 0 bridgehead atoms. The fourth-order valence-electron chi connectivity index (χ4n) is 3.76. The third-order valence-corrected chi connectivity index (χ3v) is 5.41. The zero-order chi connectivity index (χ0) is 25.0. The van der Waals surface area contributed by atoms with Gasteiger partial charge in [0.05, 0.1) is 25.7 Å². The minimum atomic E-state index is -1.05. The average molecular weight is 473 g/mol. The van der Waals surface area contributed by atoms with Crippen LogP contribution in [0.4, 0.5) is 0 Å². The van der Waals surface area contributed by atoms with Gasteiger partial charge < -0.3 is 28.0 Å². The van der Waals surface area contributed by atoms with Crippen LogP contribution in [-0.2, 0) is 24.0 Å². The molecule has 1 aliphatic rings. The lowest BCUT2D eigenvalue weighted by molar-refractivity contribution is -0.137. The molecule has 0 aliphatic carbocycles. The van der Waals surface area contributed by atoms with E-state index in [0.717, 1.165) is 0 Å². The summed E-state index contributed by atoms with van der Waals surface area (Å²) in [6, 6.07) is -0.832. The molecule has 14 nitrogen and oxygen atoms in total. The van der Waals surface area contributed by atoms with E-state index in [1.54, 1.807) is 14.7 Å². The summed E-state index contributed by atoms with van der Waals surface area (Å²) < 4.78 is 0. The number of hydrogen-bond acceptors (Lipinski definition) is 9. The summed E-state index contributed by atoms with van der Waals surface area (Å²) in [6.07, 6.45) is -0.203. The number of carboxylic acid groups (broad SMARTS) is 1. The van der Waals surface area contributed by atoms with Gasteiger partial charge in [0, 0.05) is 58.8 Å². The van der Waals surface area contributed by atoms with Crippen molar-refractivity contribution in [2.45, 2.75) is 18.9 Å². The number of carbonyl (C=O) groups is 5. The Balaban J connectivity index is 3.11. The smallest absolute Gasteiger partial charge is 0.303 e. The molecule has 0 spiro atoms. The topological polar surface area (TPSA) is 223 Å². The predicted octanol–water partition coefficient (Wildman–Crippen LogP) is -4.62. The number of rotatable bonds is 11. The standard InChI is InChI=1S/C19H36N8O6/c20-15(28)11-24-3-5-25(12-16(21)29)7-9-27(14(19(23)33)1-2-18(31)32)10-8-26(6-4-24)13-17(22)30/h14H,1-13H2,(H2,20,28)(H2,21,29)(H2,22,30)(H2,23,33)(H,31,32). The maximum absolute atomic E-state index is 12.1. The Hall–Kier alpha value is -2.81. The maximum atomic E-state index is 12.1. The van der Waals surface area contributed by atoms with Crippen LogP contribution in [0.3, 0.4) is 0 Å². The molecule has 1 heterocycles. The van der Waals surface area contributed by atoms with Crippen molar-refractivity contribution in [3.63, 3.8) is 0 Å². The minimum Gasteiger partial charge on any atom is -0.481 e. The number of carboxylic acids is 1. The Morgan fingerprint density at radius 3 is 1.24 bits per heavy atom. The maximum Gasteiger partial charge on any atom is 0.303 e. The molecule has 33 heavy (non-hydrogen) atoms. The lowest BCUT2D eigenvalue weighted by atomic mass is 10.1. The van der Waals surface area contributed by atoms with Gasteiger partial charge in [-0.05, 0) is 6.42 Å². The highest BCUT2D eigenvalue weighted by atomic mass is 16.4. The summed E-state index contributed by atoms with van der Waals surface area (Å²) in [5.74, 6) is -3.26. The first-order valence-electron chi connectivity index (χ1n) is 10.7. The summed E-state index contributed by atoms with van der Waals surface area (Å²) >= 11 is 0.